The van der Waals surface area contributed by atoms with Gasteiger partial charge in [0.05, 0.1) is 32.8 Å². The molecular formula is C25H27NO7. The Hall–Kier alpha value is -3.52. The number of carbonyl (C=O) groups is 1. The summed E-state index contributed by atoms with van der Waals surface area (Å²) < 4.78 is 28.1. The Balaban J connectivity index is 1.81. The number of nitrogens with zero attached hydrogens (tertiary/aromatic N) is 1. The summed E-state index contributed by atoms with van der Waals surface area (Å²) in [5, 5.41) is 0.408. The van der Waals surface area contributed by atoms with Gasteiger partial charge in [-0.1, -0.05) is 6.07 Å². The van der Waals surface area contributed by atoms with Crippen molar-refractivity contribution in [1.29, 1.82) is 0 Å². The monoisotopic (exact) mass is 453 g/mol. The summed E-state index contributed by atoms with van der Waals surface area (Å²) >= 11 is 0. The van der Waals surface area contributed by atoms with E-state index >= 15 is 0 Å². The second kappa shape index (κ2) is 9.54. The molecule has 0 aliphatic carbocycles. The largest absolute Gasteiger partial charge is 0.493 e. The Bertz CT molecular complexity index is 1240. The number of hydrogen-bond acceptors (Lipinski definition) is 7. The summed E-state index contributed by atoms with van der Waals surface area (Å²) in [6.45, 7) is 5.49. The first-order valence-electron chi connectivity index (χ1n) is 10.7. The summed E-state index contributed by atoms with van der Waals surface area (Å²) in [6.07, 6.45) is 0. The topological polar surface area (TPSA) is 87.4 Å². The highest BCUT2D eigenvalue weighted by Gasteiger charge is 2.23. The highest BCUT2D eigenvalue weighted by molar-refractivity contribution is 5.85. The molecule has 8 nitrogen and oxygen atoms in total. The smallest absolute Gasteiger partial charge is 0.260 e. The fourth-order valence-electron chi connectivity index (χ4n) is 3.97. The number of carbonyl (C=O) groups excluding carboxylic acids is 1. The first-order chi connectivity index (χ1) is 15.9. The van der Waals surface area contributed by atoms with Crippen LogP contribution in [0.25, 0.3) is 22.3 Å². The van der Waals surface area contributed by atoms with Crippen molar-refractivity contribution in [2.45, 2.75) is 13.8 Å². The molecule has 1 aromatic heterocycles. The number of rotatable bonds is 6. The quantitative estimate of drug-likeness (QED) is 0.566. The fourth-order valence-corrected chi connectivity index (χ4v) is 3.97. The number of aryl methyl sites for hydroxylation is 2. The number of hydrogen-bond donors (Lipinski definition) is 0. The molecule has 0 N–H and O–H groups in total. The van der Waals surface area contributed by atoms with Crippen molar-refractivity contribution >= 4 is 16.9 Å². The average molecular weight is 453 g/mol. The van der Waals surface area contributed by atoms with Gasteiger partial charge in [-0.15, -0.1) is 0 Å². The standard InChI is InChI=1S/C25H27NO7/c1-15-11-16(2)23-18(12-15)22(28)25(32-14-21(27)26-7-9-31-10-8-26)24(33-23)17-5-6-19(29-3)20(13-17)30-4/h5-6,11-13H,7-10,14H2,1-4H3. The van der Waals surface area contributed by atoms with E-state index in [0.717, 1.165) is 11.1 Å². The van der Waals surface area contributed by atoms with Crippen LogP contribution in [-0.2, 0) is 9.53 Å². The molecule has 0 unspecified atom stereocenters. The van der Waals surface area contributed by atoms with Crippen LogP contribution in [-0.4, -0.2) is 57.9 Å². The minimum atomic E-state index is -0.331. The van der Waals surface area contributed by atoms with Gasteiger partial charge in [0.15, 0.2) is 23.9 Å². The molecule has 1 amide bonds. The maximum Gasteiger partial charge on any atom is 0.260 e. The third-order valence-electron chi connectivity index (χ3n) is 5.63. The average Bonchev–Trinajstić information content (AvgIpc) is 2.83. The van der Waals surface area contributed by atoms with Gasteiger partial charge in [0.25, 0.3) is 5.91 Å². The molecule has 3 aromatic rings. The SMILES string of the molecule is COc1ccc(-c2oc3c(C)cc(C)cc3c(=O)c2OCC(=O)N2CCOCC2)cc1OC. The highest BCUT2D eigenvalue weighted by Crippen LogP contribution is 2.37. The summed E-state index contributed by atoms with van der Waals surface area (Å²) in [6, 6.07) is 8.91. The van der Waals surface area contributed by atoms with Crippen molar-refractivity contribution in [3.63, 3.8) is 0 Å². The number of amides is 1. The first-order valence-corrected chi connectivity index (χ1v) is 10.7. The third-order valence-corrected chi connectivity index (χ3v) is 5.63. The van der Waals surface area contributed by atoms with Gasteiger partial charge >= 0.3 is 0 Å². The van der Waals surface area contributed by atoms with Crippen molar-refractivity contribution in [1.82, 2.24) is 4.90 Å². The highest BCUT2D eigenvalue weighted by atomic mass is 16.5. The maximum absolute atomic E-state index is 13.5. The van der Waals surface area contributed by atoms with Gasteiger partial charge in [0.1, 0.15) is 5.58 Å². The van der Waals surface area contributed by atoms with Crippen molar-refractivity contribution in [3.05, 3.63) is 51.7 Å². The Kier molecular flexibility index (Phi) is 6.55. The van der Waals surface area contributed by atoms with Crippen molar-refractivity contribution in [2.75, 3.05) is 47.1 Å². The van der Waals surface area contributed by atoms with E-state index in [1.54, 1.807) is 36.3 Å². The molecule has 1 aliphatic rings. The first kappa shape index (κ1) is 22.7. The lowest BCUT2D eigenvalue weighted by atomic mass is 10.0. The second-order valence-electron chi connectivity index (χ2n) is 7.90. The normalized spacial score (nSPS) is 13.8. The molecule has 1 fully saturated rings. The van der Waals surface area contributed by atoms with Crippen LogP contribution in [0.2, 0.25) is 0 Å². The Morgan fingerprint density at radius 3 is 2.45 bits per heavy atom. The van der Waals surface area contributed by atoms with Crippen molar-refractivity contribution in [2.24, 2.45) is 0 Å². The Morgan fingerprint density at radius 2 is 1.76 bits per heavy atom. The molecule has 0 atom stereocenters. The number of methoxy groups -OCH3 is 2. The minimum Gasteiger partial charge on any atom is -0.493 e. The summed E-state index contributed by atoms with van der Waals surface area (Å²) in [4.78, 5) is 27.8. The van der Waals surface area contributed by atoms with Crippen LogP contribution in [0.15, 0.2) is 39.5 Å². The molecular weight excluding hydrogens is 426 g/mol. The van der Waals surface area contributed by atoms with Crippen LogP contribution in [0.1, 0.15) is 11.1 Å². The molecule has 1 saturated heterocycles. The van der Waals surface area contributed by atoms with E-state index in [2.05, 4.69) is 0 Å². The van der Waals surface area contributed by atoms with E-state index in [9.17, 15) is 9.59 Å². The van der Waals surface area contributed by atoms with Crippen LogP contribution in [0, 0.1) is 13.8 Å². The van der Waals surface area contributed by atoms with Gasteiger partial charge in [-0.2, -0.15) is 0 Å². The Morgan fingerprint density at radius 1 is 1.03 bits per heavy atom. The molecule has 33 heavy (non-hydrogen) atoms. The zero-order chi connectivity index (χ0) is 23.5. The third kappa shape index (κ3) is 4.52. The summed E-state index contributed by atoms with van der Waals surface area (Å²) in [5.74, 6) is 1.03. The van der Waals surface area contributed by atoms with Crippen molar-refractivity contribution in [3.8, 4) is 28.6 Å². The van der Waals surface area contributed by atoms with E-state index in [1.807, 2.05) is 19.9 Å². The van der Waals surface area contributed by atoms with Crippen LogP contribution in [0.5, 0.6) is 17.2 Å². The molecule has 2 heterocycles. The van der Waals surface area contributed by atoms with E-state index in [-0.39, 0.29) is 29.5 Å². The molecule has 0 spiro atoms. The zero-order valence-electron chi connectivity index (χ0n) is 19.2. The lowest BCUT2D eigenvalue weighted by Crippen LogP contribution is -2.43. The fraction of sp³-hybridized carbons (Fsp3) is 0.360. The predicted octanol–water partition coefficient (Wildman–Crippen LogP) is 3.33. The van der Waals surface area contributed by atoms with Gasteiger partial charge < -0.3 is 28.3 Å². The van der Waals surface area contributed by atoms with E-state index in [0.29, 0.717) is 54.3 Å². The number of benzene rings is 2. The zero-order valence-corrected chi connectivity index (χ0v) is 19.2. The number of ether oxygens (including phenoxy) is 4. The van der Waals surface area contributed by atoms with Gasteiger partial charge in [0.2, 0.25) is 11.2 Å². The van der Waals surface area contributed by atoms with Crippen LogP contribution < -0.4 is 19.6 Å². The van der Waals surface area contributed by atoms with Crippen LogP contribution >= 0.6 is 0 Å². The number of morpholine rings is 1. The molecule has 174 valence electrons. The van der Waals surface area contributed by atoms with Crippen molar-refractivity contribution < 1.29 is 28.2 Å². The molecule has 4 rings (SSSR count). The van der Waals surface area contributed by atoms with E-state index in [4.69, 9.17) is 23.4 Å². The van der Waals surface area contributed by atoms with E-state index in [1.165, 1.54) is 7.11 Å². The predicted molar refractivity (Wildman–Crippen MR) is 123 cm³/mol. The van der Waals surface area contributed by atoms with Crippen LogP contribution in [0.4, 0.5) is 0 Å². The van der Waals surface area contributed by atoms with Crippen LogP contribution in [0.3, 0.4) is 0 Å². The molecule has 0 bridgehead atoms. The van der Waals surface area contributed by atoms with E-state index < -0.39 is 0 Å². The lowest BCUT2D eigenvalue weighted by molar-refractivity contribution is -0.137. The Labute approximate surface area is 191 Å². The summed E-state index contributed by atoms with van der Waals surface area (Å²) in [5.41, 5.74) is 2.48. The molecule has 0 radical (unpaired) electrons. The second-order valence-corrected chi connectivity index (χ2v) is 7.90. The molecule has 2 aromatic carbocycles. The lowest BCUT2D eigenvalue weighted by Gasteiger charge is -2.26. The van der Waals surface area contributed by atoms with Gasteiger partial charge in [-0.25, -0.2) is 0 Å². The van der Waals surface area contributed by atoms with Gasteiger partial charge in [-0.3, -0.25) is 9.59 Å². The minimum absolute atomic E-state index is 0.0127. The van der Waals surface area contributed by atoms with Gasteiger partial charge in [-0.05, 0) is 49.2 Å². The molecule has 8 heteroatoms. The maximum atomic E-state index is 13.5. The molecule has 1 aliphatic heterocycles. The summed E-state index contributed by atoms with van der Waals surface area (Å²) in [7, 11) is 3.08. The number of fused-ring (bicyclic) bond motifs is 1. The molecule has 0 saturated carbocycles. The van der Waals surface area contributed by atoms with Gasteiger partial charge in [0, 0.05) is 18.7 Å².